The van der Waals surface area contributed by atoms with Crippen LogP contribution in [-0.4, -0.2) is 15.6 Å². The first-order valence-corrected chi connectivity index (χ1v) is 9.59. The number of aryl methyl sites for hydroxylation is 1. The summed E-state index contributed by atoms with van der Waals surface area (Å²) in [6.07, 6.45) is 6.87. The predicted molar refractivity (Wildman–Crippen MR) is 112 cm³/mol. The first-order chi connectivity index (χ1) is 13.0. The van der Waals surface area contributed by atoms with Gasteiger partial charge in [0.15, 0.2) is 0 Å². The summed E-state index contributed by atoms with van der Waals surface area (Å²) in [5.41, 5.74) is 5.58. The van der Waals surface area contributed by atoms with Crippen molar-refractivity contribution in [3.63, 3.8) is 0 Å². The van der Waals surface area contributed by atoms with Crippen molar-refractivity contribution < 1.29 is 9.90 Å². The molecule has 0 radical (unpaired) electrons. The van der Waals surface area contributed by atoms with Crippen LogP contribution in [0.2, 0.25) is 0 Å². The molecule has 140 valence electrons. The number of hydrogen-bond acceptors (Lipinski definition) is 1. The summed E-state index contributed by atoms with van der Waals surface area (Å²) in [5.74, 6) is -0.913. The van der Waals surface area contributed by atoms with Crippen molar-refractivity contribution in [2.75, 3.05) is 0 Å². The van der Waals surface area contributed by atoms with Gasteiger partial charge >= 0.3 is 5.97 Å². The Balaban J connectivity index is 2.06. The van der Waals surface area contributed by atoms with E-state index >= 15 is 0 Å². The smallest absolute Gasteiger partial charge is 0.328 e. The molecule has 1 aromatic heterocycles. The number of carboxylic acid groups (broad SMARTS) is 1. The molecule has 0 aliphatic heterocycles. The maximum Gasteiger partial charge on any atom is 0.328 e. The number of nitrogens with zero attached hydrogens (tertiary/aromatic N) is 1. The molecule has 3 heteroatoms. The summed E-state index contributed by atoms with van der Waals surface area (Å²) < 4.78 is 2.37. The third kappa shape index (κ3) is 4.13. The van der Waals surface area contributed by atoms with Gasteiger partial charge in [0.2, 0.25) is 0 Å². The number of fused-ring (bicyclic) bond motifs is 1. The van der Waals surface area contributed by atoms with Gasteiger partial charge in [0.05, 0.1) is 6.04 Å². The maximum absolute atomic E-state index is 10.9. The molecule has 0 aliphatic carbocycles. The molecule has 1 heterocycles. The van der Waals surface area contributed by atoms with Crippen LogP contribution < -0.4 is 0 Å². The van der Waals surface area contributed by atoms with E-state index in [1.165, 1.54) is 35.6 Å². The Bertz CT molecular complexity index is 981. The van der Waals surface area contributed by atoms with Crippen LogP contribution in [0.1, 0.15) is 55.8 Å². The highest BCUT2D eigenvalue weighted by atomic mass is 16.4. The lowest BCUT2D eigenvalue weighted by molar-refractivity contribution is -0.131. The van der Waals surface area contributed by atoms with Crippen LogP contribution in [0, 0.1) is 6.92 Å². The van der Waals surface area contributed by atoms with Crippen LogP contribution in [0.4, 0.5) is 0 Å². The summed E-state index contributed by atoms with van der Waals surface area (Å²) in [6, 6.07) is 17.3. The van der Waals surface area contributed by atoms with Crippen LogP contribution >= 0.6 is 0 Å². The number of hydrogen-bond donors (Lipinski definition) is 1. The van der Waals surface area contributed by atoms with E-state index in [-0.39, 0.29) is 0 Å². The summed E-state index contributed by atoms with van der Waals surface area (Å²) in [7, 11) is 0. The van der Waals surface area contributed by atoms with E-state index in [0.29, 0.717) is 6.04 Å². The lowest BCUT2D eigenvalue weighted by Crippen LogP contribution is -2.11. The van der Waals surface area contributed by atoms with Gasteiger partial charge < -0.3 is 9.67 Å². The van der Waals surface area contributed by atoms with Gasteiger partial charge in [0.25, 0.3) is 0 Å². The molecule has 1 N–H and O–H groups in total. The molecule has 27 heavy (non-hydrogen) atoms. The molecule has 3 nitrogen and oxygen atoms in total. The second kappa shape index (κ2) is 8.26. The van der Waals surface area contributed by atoms with Crippen molar-refractivity contribution >= 4 is 22.4 Å². The Kier molecular flexibility index (Phi) is 5.80. The number of carbonyl (C=O) groups is 1. The zero-order valence-corrected chi connectivity index (χ0v) is 16.3. The standard InChI is InChI=1S/C24H27NO2/c1-4-5-10-23(21-9-7-6-8-17(21)2)25-14-13-20-16-19(11-12-22(20)25)18(3)15-24(26)27/h6-9,11-16,23H,4-5,10H2,1-3H3,(H,26,27). The number of rotatable bonds is 7. The Morgan fingerprint density at radius 3 is 2.67 bits per heavy atom. The van der Waals surface area contributed by atoms with Gasteiger partial charge in [-0.1, -0.05) is 50.1 Å². The highest BCUT2D eigenvalue weighted by molar-refractivity contribution is 5.92. The van der Waals surface area contributed by atoms with Gasteiger partial charge in [-0.2, -0.15) is 0 Å². The van der Waals surface area contributed by atoms with E-state index < -0.39 is 5.97 Å². The topological polar surface area (TPSA) is 42.2 Å². The number of allylic oxidation sites excluding steroid dienone is 1. The van der Waals surface area contributed by atoms with Crippen molar-refractivity contribution in [2.24, 2.45) is 0 Å². The second-order valence-electron chi connectivity index (χ2n) is 7.18. The number of aliphatic carboxylic acids is 1. The molecule has 0 saturated heterocycles. The molecule has 0 aliphatic rings. The summed E-state index contributed by atoms with van der Waals surface area (Å²) in [5, 5.41) is 10.1. The molecule has 0 fully saturated rings. The maximum atomic E-state index is 10.9. The quantitative estimate of drug-likeness (QED) is 0.508. The molecule has 0 saturated carbocycles. The van der Waals surface area contributed by atoms with Crippen molar-refractivity contribution in [1.29, 1.82) is 0 Å². The van der Waals surface area contributed by atoms with E-state index in [2.05, 4.69) is 67.1 Å². The molecule has 0 bridgehead atoms. The minimum absolute atomic E-state index is 0.310. The van der Waals surface area contributed by atoms with Gasteiger partial charge in [0, 0.05) is 23.2 Å². The van der Waals surface area contributed by atoms with Crippen molar-refractivity contribution in [3.8, 4) is 0 Å². The largest absolute Gasteiger partial charge is 0.478 e. The van der Waals surface area contributed by atoms with Crippen LogP contribution in [0.5, 0.6) is 0 Å². The molecule has 1 unspecified atom stereocenters. The summed E-state index contributed by atoms with van der Waals surface area (Å²) in [6.45, 7) is 6.24. The zero-order valence-electron chi connectivity index (χ0n) is 16.3. The van der Waals surface area contributed by atoms with Gasteiger partial charge in [-0.15, -0.1) is 0 Å². The predicted octanol–water partition coefficient (Wildman–Crippen LogP) is 6.22. The fourth-order valence-corrected chi connectivity index (χ4v) is 3.75. The number of benzene rings is 2. The summed E-state index contributed by atoms with van der Waals surface area (Å²) >= 11 is 0. The summed E-state index contributed by atoms with van der Waals surface area (Å²) in [4.78, 5) is 10.9. The Hall–Kier alpha value is -2.81. The van der Waals surface area contributed by atoms with Gasteiger partial charge in [0.1, 0.15) is 0 Å². The van der Waals surface area contributed by atoms with Crippen LogP contribution in [-0.2, 0) is 4.79 Å². The fourth-order valence-electron chi connectivity index (χ4n) is 3.75. The lowest BCUT2D eigenvalue weighted by Gasteiger charge is -2.22. The molecular formula is C24H27NO2. The minimum Gasteiger partial charge on any atom is -0.478 e. The number of carboxylic acids is 1. The average molecular weight is 361 g/mol. The Morgan fingerprint density at radius 2 is 1.96 bits per heavy atom. The van der Waals surface area contributed by atoms with Crippen molar-refractivity contribution in [2.45, 2.75) is 46.1 Å². The van der Waals surface area contributed by atoms with Gasteiger partial charge in [-0.05, 0) is 60.7 Å². The Morgan fingerprint density at radius 1 is 1.19 bits per heavy atom. The Labute approximate surface area is 161 Å². The highest BCUT2D eigenvalue weighted by Gasteiger charge is 2.17. The molecule has 2 aromatic carbocycles. The van der Waals surface area contributed by atoms with E-state index in [4.69, 9.17) is 5.11 Å². The van der Waals surface area contributed by atoms with Gasteiger partial charge in [-0.25, -0.2) is 4.79 Å². The van der Waals surface area contributed by atoms with Crippen molar-refractivity contribution in [3.05, 3.63) is 77.5 Å². The number of aromatic nitrogens is 1. The molecule has 3 rings (SSSR count). The average Bonchev–Trinajstić information content (AvgIpc) is 3.06. The molecule has 0 amide bonds. The van der Waals surface area contributed by atoms with Gasteiger partial charge in [-0.3, -0.25) is 0 Å². The number of unbranched alkanes of at least 4 members (excludes halogenated alkanes) is 1. The van der Waals surface area contributed by atoms with Crippen LogP contribution in [0.25, 0.3) is 16.5 Å². The van der Waals surface area contributed by atoms with Crippen LogP contribution in [0.15, 0.2) is 60.8 Å². The third-order valence-corrected chi connectivity index (χ3v) is 5.23. The molecule has 0 spiro atoms. The second-order valence-corrected chi connectivity index (χ2v) is 7.18. The zero-order chi connectivity index (χ0) is 19.4. The van der Waals surface area contributed by atoms with Crippen molar-refractivity contribution in [1.82, 2.24) is 4.57 Å². The SMILES string of the molecule is CCCCC(c1ccccc1C)n1ccc2cc(C(C)=CC(=O)O)ccc21. The highest BCUT2D eigenvalue weighted by Crippen LogP contribution is 2.32. The third-order valence-electron chi connectivity index (χ3n) is 5.23. The lowest BCUT2D eigenvalue weighted by atomic mass is 9.96. The minimum atomic E-state index is -0.913. The monoisotopic (exact) mass is 361 g/mol. The van der Waals surface area contributed by atoms with E-state index in [9.17, 15) is 4.79 Å². The van der Waals surface area contributed by atoms with Crippen LogP contribution in [0.3, 0.4) is 0 Å². The fraction of sp³-hybridized carbons (Fsp3) is 0.292. The normalized spacial score (nSPS) is 13.1. The molecular weight excluding hydrogens is 334 g/mol. The van der Waals surface area contributed by atoms with E-state index in [1.807, 2.05) is 13.0 Å². The van der Waals surface area contributed by atoms with E-state index in [0.717, 1.165) is 22.9 Å². The first-order valence-electron chi connectivity index (χ1n) is 9.59. The molecule has 3 aromatic rings. The van der Waals surface area contributed by atoms with E-state index in [1.54, 1.807) is 0 Å². The molecule has 1 atom stereocenters. The first kappa shape index (κ1) is 19.0.